The molecular weight excluding hydrogens is 336 g/mol. The van der Waals surface area contributed by atoms with E-state index in [9.17, 15) is 14.4 Å². The van der Waals surface area contributed by atoms with Gasteiger partial charge >= 0.3 is 17.9 Å². The van der Waals surface area contributed by atoms with Crippen molar-refractivity contribution < 1.29 is 33.3 Å². The summed E-state index contributed by atoms with van der Waals surface area (Å²) < 4.78 is 20.3. The van der Waals surface area contributed by atoms with Crippen LogP contribution in [-0.2, 0) is 33.3 Å². The lowest BCUT2D eigenvalue weighted by atomic mass is 9.93. The van der Waals surface area contributed by atoms with Gasteiger partial charge in [-0.15, -0.1) is 0 Å². The van der Waals surface area contributed by atoms with Gasteiger partial charge in [-0.1, -0.05) is 22.9 Å². The van der Waals surface area contributed by atoms with E-state index < -0.39 is 41.2 Å². The highest BCUT2D eigenvalue weighted by atomic mass is 79.9. The summed E-state index contributed by atoms with van der Waals surface area (Å²) in [6.07, 6.45) is -3.01. The average Bonchev–Trinajstić information content (AvgIpc) is 2.36. The smallest absolute Gasteiger partial charge is 0.339 e. The number of hydrogen-bond donors (Lipinski definition) is 0. The van der Waals surface area contributed by atoms with Crippen LogP contribution in [0.3, 0.4) is 0 Å². The first-order chi connectivity index (χ1) is 9.27. The minimum atomic E-state index is -1.16. The van der Waals surface area contributed by atoms with Gasteiger partial charge in [0, 0.05) is 19.8 Å². The van der Waals surface area contributed by atoms with E-state index in [4.69, 9.17) is 14.2 Å². The molecule has 1 aliphatic rings. The van der Waals surface area contributed by atoms with Crippen LogP contribution in [0.15, 0.2) is 0 Å². The van der Waals surface area contributed by atoms with E-state index in [1.165, 1.54) is 21.0 Å². The molecule has 0 unspecified atom stereocenters. The maximum Gasteiger partial charge on any atom is 0.339 e. The van der Waals surface area contributed by atoms with E-state index in [2.05, 4.69) is 20.7 Å². The van der Waals surface area contributed by atoms with Gasteiger partial charge in [0.25, 0.3) is 0 Å². The fourth-order valence-corrected chi connectivity index (χ4v) is 2.49. The molecule has 1 rings (SSSR count). The Morgan fingerprint density at radius 3 is 2.00 bits per heavy atom. The highest BCUT2D eigenvalue weighted by Crippen LogP contribution is 2.33. The number of methoxy groups -OCH3 is 1. The standard InChI is InChI=1S/C12H17BrO7/c1-5-8(18-6(2)14)9(19-7(3)15)10(12(16)17-4)20-11(5)13/h5,8-11H,1-4H3/t5-,8-,9+,10+,11+/m1/s1. The van der Waals surface area contributed by atoms with Crippen LogP contribution >= 0.6 is 15.9 Å². The maximum atomic E-state index is 11.7. The van der Waals surface area contributed by atoms with Crippen LogP contribution in [0.5, 0.6) is 0 Å². The Morgan fingerprint density at radius 1 is 1.05 bits per heavy atom. The van der Waals surface area contributed by atoms with Crippen LogP contribution < -0.4 is 0 Å². The highest BCUT2D eigenvalue weighted by molar-refractivity contribution is 9.09. The first-order valence-corrected chi connectivity index (χ1v) is 6.91. The molecule has 7 nitrogen and oxygen atoms in total. The van der Waals surface area contributed by atoms with Gasteiger partial charge in [0.05, 0.1) is 7.11 Å². The van der Waals surface area contributed by atoms with Crippen molar-refractivity contribution in [2.75, 3.05) is 7.11 Å². The first-order valence-electron chi connectivity index (χ1n) is 5.99. The van der Waals surface area contributed by atoms with E-state index in [-0.39, 0.29) is 5.92 Å². The van der Waals surface area contributed by atoms with Gasteiger partial charge in [0.15, 0.2) is 12.2 Å². The molecule has 1 aliphatic heterocycles. The van der Waals surface area contributed by atoms with Gasteiger partial charge in [-0.25, -0.2) is 4.79 Å². The quantitative estimate of drug-likeness (QED) is 0.421. The summed E-state index contributed by atoms with van der Waals surface area (Å²) in [6.45, 7) is 4.18. The zero-order chi connectivity index (χ0) is 15.4. The molecule has 1 heterocycles. The second-order valence-corrected chi connectivity index (χ2v) is 5.34. The first kappa shape index (κ1) is 16.9. The van der Waals surface area contributed by atoms with Crippen LogP contribution in [0, 0.1) is 5.92 Å². The van der Waals surface area contributed by atoms with Crippen molar-refractivity contribution in [2.45, 2.75) is 44.1 Å². The molecule has 0 radical (unpaired) electrons. The van der Waals surface area contributed by atoms with Gasteiger partial charge in [-0.3, -0.25) is 9.59 Å². The molecule has 20 heavy (non-hydrogen) atoms. The Kier molecular flexibility index (Phi) is 5.94. The van der Waals surface area contributed by atoms with Gasteiger partial charge in [0.1, 0.15) is 11.1 Å². The lowest BCUT2D eigenvalue weighted by Gasteiger charge is -2.41. The summed E-state index contributed by atoms with van der Waals surface area (Å²) in [7, 11) is 1.19. The van der Waals surface area contributed by atoms with Crippen LogP contribution in [0.2, 0.25) is 0 Å². The van der Waals surface area contributed by atoms with Crippen molar-refractivity contribution in [1.82, 2.24) is 0 Å². The molecular formula is C12H17BrO7. The minimum absolute atomic E-state index is 0.316. The largest absolute Gasteiger partial charge is 0.467 e. The lowest BCUT2D eigenvalue weighted by molar-refractivity contribution is -0.216. The predicted octanol–water partition coefficient (Wildman–Crippen LogP) is 0.779. The van der Waals surface area contributed by atoms with Crippen molar-refractivity contribution in [3.05, 3.63) is 0 Å². The Morgan fingerprint density at radius 2 is 1.55 bits per heavy atom. The molecule has 0 saturated carbocycles. The summed E-state index contributed by atoms with van der Waals surface area (Å²) >= 11 is 3.25. The molecule has 0 aromatic rings. The molecule has 0 amide bonds. The van der Waals surface area contributed by atoms with Crippen molar-refractivity contribution in [1.29, 1.82) is 0 Å². The highest BCUT2D eigenvalue weighted by Gasteiger charge is 2.50. The molecule has 0 aliphatic carbocycles. The lowest BCUT2D eigenvalue weighted by Crippen LogP contribution is -2.57. The zero-order valence-corrected chi connectivity index (χ0v) is 13.2. The number of rotatable bonds is 3. The SMILES string of the molecule is COC(=O)[C@H]1O[C@H](Br)[C@H](C)[C@@H](OC(C)=O)[C@@H]1OC(C)=O. The van der Waals surface area contributed by atoms with E-state index in [0.717, 1.165) is 0 Å². The van der Waals surface area contributed by atoms with Crippen LogP contribution in [0.1, 0.15) is 20.8 Å². The summed E-state index contributed by atoms with van der Waals surface area (Å²) in [5.74, 6) is -2.16. The second kappa shape index (κ2) is 7.03. The second-order valence-electron chi connectivity index (χ2n) is 4.44. The fraction of sp³-hybridized carbons (Fsp3) is 0.750. The van der Waals surface area contributed by atoms with Crippen molar-refractivity contribution in [2.24, 2.45) is 5.92 Å². The predicted molar refractivity (Wildman–Crippen MR) is 69.9 cm³/mol. The normalized spacial score (nSPS) is 33.1. The molecule has 0 spiro atoms. The number of ether oxygens (including phenoxy) is 4. The molecule has 5 atom stereocenters. The van der Waals surface area contributed by atoms with Crippen LogP contribution in [0.25, 0.3) is 0 Å². The molecule has 1 fully saturated rings. The number of halogens is 1. The third-order valence-electron chi connectivity index (χ3n) is 2.87. The van der Waals surface area contributed by atoms with Crippen molar-refractivity contribution in [3.8, 4) is 0 Å². The Bertz CT molecular complexity index is 397. The van der Waals surface area contributed by atoms with Gasteiger partial charge in [-0.05, 0) is 0 Å². The van der Waals surface area contributed by atoms with E-state index in [1.54, 1.807) is 6.92 Å². The zero-order valence-electron chi connectivity index (χ0n) is 11.6. The Hall–Kier alpha value is -1.15. The molecule has 114 valence electrons. The topological polar surface area (TPSA) is 88.1 Å². The van der Waals surface area contributed by atoms with Gasteiger partial charge < -0.3 is 18.9 Å². The number of hydrogen-bond acceptors (Lipinski definition) is 7. The molecule has 0 aromatic heterocycles. The molecule has 1 saturated heterocycles. The Labute approximate surface area is 125 Å². The fourth-order valence-electron chi connectivity index (χ4n) is 1.95. The van der Waals surface area contributed by atoms with Gasteiger partial charge in [0.2, 0.25) is 0 Å². The number of carbonyl (C=O) groups is 3. The minimum Gasteiger partial charge on any atom is -0.467 e. The van der Waals surface area contributed by atoms with E-state index >= 15 is 0 Å². The summed E-state index contributed by atoms with van der Waals surface area (Å²) in [5.41, 5.74) is 0. The molecule has 0 aromatic carbocycles. The molecule has 0 N–H and O–H groups in total. The third-order valence-corrected chi connectivity index (χ3v) is 3.92. The number of carbonyl (C=O) groups excluding carboxylic acids is 3. The van der Waals surface area contributed by atoms with Crippen LogP contribution in [-0.4, -0.2) is 48.3 Å². The third kappa shape index (κ3) is 3.92. The average molecular weight is 353 g/mol. The molecule has 0 bridgehead atoms. The van der Waals surface area contributed by atoms with Crippen molar-refractivity contribution >= 4 is 33.8 Å². The summed E-state index contributed by atoms with van der Waals surface area (Å²) in [5, 5.41) is -0.539. The number of alkyl halides is 1. The Balaban J connectivity index is 3.07. The van der Waals surface area contributed by atoms with Crippen LogP contribution in [0.4, 0.5) is 0 Å². The summed E-state index contributed by atoms with van der Waals surface area (Å²) in [6, 6.07) is 0. The monoisotopic (exact) mass is 352 g/mol. The maximum absolute atomic E-state index is 11.7. The van der Waals surface area contributed by atoms with E-state index in [0.29, 0.717) is 0 Å². The van der Waals surface area contributed by atoms with Gasteiger partial charge in [-0.2, -0.15) is 0 Å². The summed E-state index contributed by atoms with van der Waals surface area (Å²) in [4.78, 5) is 34.2. The molecule has 8 heteroatoms. The van der Waals surface area contributed by atoms with Crippen molar-refractivity contribution in [3.63, 3.8) is 0 Å². The number of esters is 3. The van der Waals surface area contributed by atoms with E-state index in [1.807, 2.05) is 0 Å².